The fraction of sp³-hybridized carbons (Fsp3) is 0.389. The second-order valence-electron chi connectivity index (χ2n) is 6.60. The van der Waals surface area contributed by atoms with E-state index in [1.807, 2.05) is 18.0 Å². The molecule has 0 saturated carbocycles. The second-order valence-corrected chi connectivity index (χ2v) is 6.60. The third-order valence-electron chi connectivity index (χ3n) is 4.66. The van der Waals surface area contributed by atoms with Crippen LogP contribution in [0.3, 0.4) is 0 Å². The Hall–Kier alpha value is -2.70. The molecule has 3 aromatic rings. The highest BCUT2D eigenvalue weighted by molar-refractivity contribution is 5.77. The maximum absolute atomic E-state index is 13.4. The Morgan fingerprint density at radius 2 is 2.28 bits per heavy atom. The number of aromatic amines is 1. The first-order chi connectivity index (χ1) is 12.1. The van der Waals surface area contributed by atoms with Crippen molar-refractivity contribution < 1.29 is 9.18 Å². The monoisotopic (exact) mass is 341 g/mol. The number of hydrogen-bond acceptors (Lipinski definition) is 3. The normalized spacial score (nSPS) is 18.0. The number of aromatic nitrogens is 4. The number of imidazole rings is 1. The van der Waals surface area contributed by atoms with Crippen molar-refractivity contribution in [3.63, 3.8) is 0 Å². The average molecular weight is 341 g/mol. The van der Waals surface area contributed by atoms with E-state index >= 15 is 0 Å². The number of halogens is 1. The first-order valence-corrected chi connectivity index (χ1v) is 8.54. The fourth-order valence-electron chi connectivity index (χ4n) is 3.46. The van der Waals surface area contributed by atoms with Gasteiger partial charge in [0.25, 0.3) is 0 Å². The number of carbonyl (C=O) groups excluding carboxylic acids is 1. The number of rotatable bonds is 3. The summed E-state index contributed by atoms with van der Waals surface area (Å²) in [5.74, 6) is 0.457. The van der Waals surface area contributed by atoms with Crippen LogP contribution in [-0.2, 0) is 11.3 Å². The van der Waals surface area contributed by atoms with Crippen molar-refractivity contribution in [3.8, 4) is 0 Å². The summed E-state index contributed by atoms with van der Waals surface area (Å²) in [5, 5.41) is 4.20. The Balaban J connectivity index is 1.60. The molecular formula is C18H20FN5O. The van der Waals surface area contributed by atoms with Crippen LogP contribution in [0.4, 0.5) is 4.39 Å². The van der Waals surface area contributed by atoms with Crippen LogP contribution in [0.5, 0.6) is 0 Å². The third-order valence-corrected chi connectivity index (χ3v) is 4.66. The summed E-state index contributed by atoms with van der Waals surface area (Å²) >= 11 is 0. The Morgan fingerprint density at radius 1 is 1.40 bits per heavy atom. The van der Waals surface area contributed by atoms with Gasteiger partial charge < -0.3 is 9.88 Å². The van der Waals surface area contributed by atoms with Crippen LogP contribution in [0.25, 0.3) is 11.0 Å². The van der Waals surface area contributed by atoms with Crippen molar-refractivity contribution in [1.29, 1.82) is 0 Å². The van der Waals surface area contributed by atoms with E-state index in [4.69, 9.17) is 0 Å². The SMILES string of the molecule is Cc1cnn(CC(=O)N2CCCCC2c2nc3ccc(F)cc3[nH]2)c1. The quantitative estimate of drug-likeness (QED) is 0.796. The smallest absolute Gasteiger partial charge is 0.244 e. The van der Waals surface area contributed by atoms with Crippen molar-refractivity contribution in [1.82, 2.24) is 24.6 Å². The van der Waals surface area contributed by atoms with Gasteiger partial charge in [0.1, 0.15) is 18.2 Å². The van der Waals surface area contributed by atoms with E-state index in [-0.39, 0.29) is 24.3 Å². The van der Waals surface area contributed by atoms with E-state index in [1.54, 1.807) is 16.9 Å². The summed E-state index contributed by atoms with van der Waals surface area (Å²) in [6.07, 6.45) is 6.48. The van der Waals surface area contributed by atoms with E-state index < -0.39 is 0 Å². The number of benzene rings is 1. The molecule has 3 heterocycles. The highest BCUT2D eigenvalue weighted by atomic mass is 19.1. The molecule has 1 unspecified atom stereocenters. The minimum Gasteiger partial charge on any atom is -0.340 e. The minimum atomic E-state index is -0.298. The van der Waals surface area contributed by atoms with E-state index in [0.29, 0.717) is 12.1 Å². The van der Waals surface area contributed by atoms with E-state index in [9.17, 15) is 9.18 Å². The first-order valence-electron chi connectivity index (χ1n) is 8.54. The van der Waals surface area contributed by atoms with E-state index in [1.165, 1.54) is 12.1 Å². The van der Waals surface area contributed by atoms with Crippen molar-refractivity contribution >= 4 is 16.9 Å². The zero-order chi connectivity index (χ0) is 17.4. The van der Waals surface area contributed by atoms with Gasteiger partial charge in [-0.15, -0.1) is 0 Å². The van der Waals surface area contributed by atoms with Crippen LogP contribution >= 0.6 is 0 Å². The Labute approximate surface area is 144 Å². The molecule has 25 heavy (non-hydrogen) atoms. The summed E-state index contributed by atoms with van der Waals surface area (Å²) in [6, 6.07) is 4.39. The van der Waals surface area contributed by atoms with Gasteiger partial charge >= 0.3 is 0 Å². The van der Waals surface area contributed by atoms with E-state index in [0.717, 1.165) is 36.2 Å². The van der Waals surface area contributed by atoms with Gasteiger partial charge in [-0.25, -0.2) is 9.37 Å². The molecule has 0 radical (unpaired) electrons. The van der Waals surface area contributed by atoms with Crippen LogP contribution in [0, 0.1) is 12.7 Å². The summed E-state index contributed by atoms with van der Waals surface area (Å²) in [5.41, 5.74) is 2.41. The van der Waals surface area contributed by atoms with Gasteiger partial charge in [-0.3, -0.25) is 9.48 Å². The van der Waals surface area contributed by atoms with Gasteiger partial charge in [0.15, 0.2) is 0 Å². The maximum atomic E-state index is 13.4. The molecule has 0 spiro atoms. The fourth-order valence-corrected chi connectivity index (χ4v) is 3.46. The molecule has 1 aromatic carbocycles. The highest BCUT2D eigenvalue weighted by Gasteiger charge is 2.30. The van der Waals surface area contributed by atoms with Crippen LogP contribution in [0.2, 0.25) is 0 Å². The number of fused-ring (bicyclic) bond motifs is 1. The molecule has 1 atom stereocenters. The molecule has 1 fully saturated rings. The van der Waals surface area contributed by atoms with E-state index in [2.05, 4.69) is 15.1 Å². The molecule has 2 aromatic heterocycles. The molecule has 1 aliphatic heterocycles. The van der Waals surface area contributed by atoms with Gasteiger partial charge in [0, 0.05) is 12.7 Å². The zero-order valence-corrected chi connectivity index (χ0v) is 14.1. The molecule has 1 N–H and O–H groups in total. The van der Waals surface area contributed by atoms with Gasteiger partial charge in [-0.1, -0.05) is 0 Å². The van der Waals surface area contributed by atoms with Crippen molar-refractivity contribution in [2.24, 2.45) is 0 Å². The summed E-state index contributed by atoms with van der Waals surface area (Å²) in [4.78, 5) is 22.4. The van der Waals surface area contributed by atoms with Crippen molar-refractivity contribution in [2.75, 3.05) is 6.54 Å². The topological polar surface area (TPSA) is 66.8 Å². The molecule has 0 bridgehead atoms. The number of likely N-dealkylation sites (tertiary alicyclic amines) is 1. The number of amides is 1. The van der Waals surface area contributed by atoms with Gasteiger partial charge in [0.05, 0.1) is 23.3 Å². The zero-order valence-electron chi connectivity index (χ0n) is 14.1. The predicted molar refractivity (Wildman–Crippen MR) is 91.3 cm³/mol. The number of hydrogen-bond donors (Lipinski definition) is 1. The number of nitrogens with one attached hydrogen (secondary N) is 1. The summed E-state index contributed by atoms with van der Waals surface area (Å²) < 4.78 is 15.1. The van der Waals surface area contributed by atoms with Crippen LogP contribution in [-0.4, -0.2) is 37.1 Å². The predicted octanol–water partition coefficient (Wildman–Crippen LogP) is 2.96. The summed E-state index contributed by atoms with van der Waals surface area (Å²) in [7, 11) is 0. The number of H-pyrrole nitrogens is 1. The lowest BCUT2D eigenvalue weighted by molar-refractivity contribution is -0.136. The van der Waals surface area contributed by atoms with Crippen molar-refractivity contribution in [3.05, 3.63) is 47.8 Å². The molecule has 7 heteroatoms. The number of aryl methyl sites for hydroxylation is 1. The standard InChI is InChI=1S/C18H20FN5O/c1-12-9-20-23(10-12)11-17(25)24-7-3-2-4-16(24)18-21-14-6-5-13(19)8-15(14)22-18/h5-6,8-10,16H,2-4,7,11H2,1H3,(H,21,22). The molecule has 1 amide bonds. The second kappa shape index (κ2) is 6.31. The lowest BCUT2D eigenvalue weighted by atomic mass is 10.0. The molecule has 0 aliphatic carbocycles. The molecule has 130 valence electrons. The maximum Gasteiger partial charge on any atom is 0.244 e. The van der Waals surface area contributed by atoms with Gasteiger partial charge in [-0.05, 0) is 49.9 Å². The molecule has 1 aliphatic rings. The Morgan fingerprint density at radius 3 is 3.08 bits per heavy atom. The molecular weight excluding hydrogens is 321 g/mol. The van der Waals surface area contributed by atoms with Crippen LogP contribution in [0.1, 0.15) is 36.7 Å². The first kappa shape index (κ1) is 15.8. The lowest BCUT2D eigenvalue weighted by Gasteiger charge is -2.34. The largest absolute Gasteiger partial charge is 0.340 e. The Bertz CT molecular complexity index is 915. The molecule has 4 rings (SSSR count). The number of carbonyl (C=O) groups is 1. The Kier molecular flexibility index (Phi) is 3.99. The average Bonchev–Trinajstić information content (AvgIpc) is 3.20. The molecule has 1 saturated heterocycles. The number of nitrogens with zero attached hydrogens (tertiary/aromatic N) is 4. The third kappa shape index (κ3) is 3.14. The van der Waals surface area contributed by atoms with Gasteiger partial charge in [-0.2, -0.15) is 5.10 Å². The number of piperidine rings is 1. The molecule has 6 nitrogen and oxygen atoms in total. The van der Waals surface area contributed by atoms with Crippen LogP contribution < -0.4 is 0 Å². The van der Waals surface area contributed by atoms with Gasteiger partial charge in [0.2, 0.25) is 5.91 Å². The highest BCUT2D eigenvalue weighted by Crippen LogP contribution is 2.30. The minimum absolute atomic E-state index is 0.0273. The summed E-state index contributed by atoms with van der Waals surface area (Å²) in [6.45, 7) is 2.87. The van der Waals surface area contributed by atoms with Crippen molar-refractivity contribution in [2.45, 2.75) is 38.8 Å². The van der Waals surface area contributed by atoms with Crippen LogP contribution in [0.15, 0.2) is 30.6 Å². The lowest BCUT2D eigenvalue weighted by Crippen LogP contribution is -2.40.